The number of aryl methyl sites for hydroxylation is 3. The first-order valence-corrected chi connectivity index (χ1v) is 13.3. The van der Waals surface area contributed by atoms with Crippen molar-refractivity contribution in [2.45, 2.75) is 13.8 Å². The van der Waals surface area contributed by atoms with E-state index in [0.717, 1.165) is 0 Å². The van der Waals surface area contributed by atoms with Crippen LogP contribution in [0.3, 0.4) is 0 Å². The highest BCUT2D eigenvalue weighted by Gasteiger charge is 2.30. The molecule has 1 nitrogen and oxygen atoms in total. The summed E-state index contributed by atoms with van der Waals surface area (Å²) in [7, 11) is 2.18. The molecular formula is C34H26NS+. The molecule has 0 saturated carbocycles. The molecule has 0 unspecified atom stereocenters. The summed E-state index contributed by atoms with van der Waals surface area (Å²) in [5.74, 6) is 0. The molecule has 2 heterocycles. The van der Waals surface area contributed by atoms with E-state index in [1.807, 2.05) is 11.3 Å². The molecule has 36 heavy (non-hydrogen) atoms. The van der Waals surface area contributed by atoms with Gasteiger partial charge in [0, 0.05) is 32.3 Å². The summed E-state index contributed by atoms with van der Waals surface area (Å²) < 4.78 is 3.62. The topological polar surface area (TPSA) is 3.88 Å². The average molecular weight is 481 g/mol. The average Bonchev–Trinajstić information content (AvgIpc) is 3.27. The lowest BCUT2D eigenvalue weighted by molar-refractivity contribution is -0.659. The number of pyridine rings is 1. The summed E-state index contributed by atoms with van der Waals surface area (Å²) in [5.41, 5.74) is 14.4. The van der Waals surface area contributed by atoms with Gasteiger partial charge in [0.1, 0.15) is 7.05 Å². The molecule has 0 amide bonds. The Kier molecular flexibility index (Phi) is 4.74. The van der Waals surface area contributed by atoms with Crippen molar-refractivity contribution >= 4 is 21.4 Å². The third-order valence-electron chi connectivity index (χ3n) is 7.58. The van der Waals surface area contributed by atoms with Crippen molar-refractivity contribution in [3.63, 3.8) is 0 Å². The van der Waals surface area contributed by atoms with Crippen molar-refractivity contribution in [1.82, 2.24) is 0 Å². The fraction of sp³-hybridized carbons (Fsp3) is 0.0882. The number of hydrogen-bond donors (Lipinski definition) is 0. The molecule has 2 heteroatoms. The maximum absolute atomic E-state index is 2.33. The number of fused-ring (bicyclic) bond motifs is 10. The molecule has 0 aliphatic heterocycles. The Bertz CT molecular complexity index is 1820. The molecule has 4 aromatic carbocycles. The van der Waals surface area contributed by atoms with E-state index in [4.69, 9.17) is 0 Å². The molecule has 6 aromatic rings. The highest BCUT2D eigenvalue weighted by atomic mass is 32.1. The van der Waals surface area contributed by atoms with Crippen molar-refractivity contribution in [2.75, 3.05) is 0 Å². The molecule has 0 radical (unpaired) electrons. The van der Waals surface area contributed by atoms with E-state index in [1.165, 1.54) is 76.3 Å². The number of aromatic nitrogens is 1. The number of rotatable bonds is 1. The maximum Gasteiger partial charge on any atom is 0.221 e. The zero-order valence-corrected chi connectivity index (χ0v) is 21.5. The third kappa shape index (κ3) is 2.98. The van der Waals surface area contributed by atoms with Gasteiger partial charge in [0.25, 0.3) is 0 Å². The van der Waals surface area contributed by atoms with Gasteiger partial charge in [-0.05, 0) is 58.9 Å². The number of nitrogens with zero attached hydrogens (tertiary/aromatic N) is 1. The van der Waals surface area contributed by atoms with Crippen molar-refractivity contribution in [1.29, 1.82) is 0 Å². The van der Waals surface area contributed by atoms with Crippen LogP contribution in [0.2, 0.25) is 0 Å². The fourth-order valence-electron chi connectivity index (χ4n) is 5.93. The summed E-state index contributed by atoms with van der Waals surface area (Å²) in [6.07, 6.45) is 2.21. The highest BCUT2D eigenvalue weighted by molar-refractivity contribution is 7.23. The Morgan fingerprint density at radius 3 is 1.86 bits per heavy atom. The van der Waals surface area contributed by atoms with Crippen molar-refractivity contribution < 1.29 is 4.57 Å². The van der Waals surface area contributed by atoms with Gasteiger partial charge in [-0.2, -0.15) is 0 Å². The van der Waals surface area contributed by atoms with Crippen LogP contribution in [0.4, 0.5) is 0 Å². The quantitative estimate of drug-likeness (QED) is 0.206. The van der Waals surface area contributed by atoms with Gasteiger partial charge in [-0.1, -0.05) is 84.9 Å². The lowest BCUT2D eigenvalue weighted by atomic mass is 9.81. The molecule has 0 fully saturated rings. The minimum atomic E-state index is 1.28. The maximum atomic E-state index is 2.33. The second-order valence-electron chi connectivity index (χ2n) is 9.72. The zero-order chi connectivity index (χ0) is 24.4. The summed E-state index contributed by atoms with van der Waals surface area (Å²) in [6.45, 7) is 4.47. The van der Waals surface area contributed by atoms with Crippen LogP contribution in [0.25, 0.3) is 65.2 Å². The van der Waals surface area contributed by atoms with Crippen molar-refractivity contribution in [3.8, 4) is 55.1 Å². The van der Waals surface area contributed by atoms with E-state index < -0.39 is 0 Å². The minimum Gasteiger partial charge on any atom is -0.200 e. The second-order valence-corrected chi connectivity index (χ2v) is 10.8. The van der Waals surface area contributed by atoms with Crippen LogP contribution in [0.5, 0.6) is 0 Å². The zero-order valence-electron chi connectivity index (χ0n) is 20.7. The second kappa shape index (κ2) is 8.01. The van der Waals surface area contributed by atoms with E-state index in [9.17, 15) is 0 Å². The van der Waals surface area contributed by atoms with Gasteiger partial charge < -0.3 is 0 Å². The molecule has 0 N–H and O–H groups in total. The van der Waals surface area contributed by atoms with Crippen LogP contribution in [0.1, 0.15) is 11.1 Å². The van der Waals surface area contributed by atoms with Crippen LogP contribution in [-0.4, -0.2) is 0 Å². The molecule has 172 valence electrons. The lowest BCUT2D eigenvalue weighted by Crippen LogP contribution is -2.30. The monoisotopic (exact) mass is 480 g/mol. The van der Waals surface area contributed by atoms with Crippen LogP contribution >= 0.6 is 11.3 Å². The van der Waals surface area contributed by atoms with Crippen molar-refractivity contribution in [2.24, 2.45) is 7.05 Å². The minimum absolute atomic E-state index is 1.28. The van der Waals surface area contributed by atoms with E-state index in [0.29, 0.717) is 0 Å². The van der Waals surface area contributed by atoms with Crippen LogP contribution < -0.4 is 4.57 Å². The Labute approximate surface area is 216 Å². The van der Waals surface area contributed by atoms with Gasteiger partial charge in [0.05, 0.1) is 5.39 Å². The van der Waals surface area contributed by atoms with Crippen LogP contribution in [0, 0.1) is 13.8 Å². The van der Waals surface area contributed by atoms with E-state index in [-0.39, 0.29) is 0 Å². The molecule has 1 aliphatic rings. The number of thiophene rings is 1. The van der Waals surface area contributed by atoms with E-state index >= 15 is 0 Å². The summed E-state index contributed by atoms with van der Waals surface area (Å²) in [4.78, 5) is 1.35. The molecule has 0 saturated heterocycles. The predicted molar refractivity (Wildman–Crippen MR) is 153 cm³/mol. The smallest absolute Gasteiger partial charge is 0.200 e. The van der Waals surface area contributed by atoms with Gasteiger partial charge in [-0.15, -0.1) is 11.3 Å². The summed E-state index contributed by atoms with van der Waals surface area (Å²) in [6, 6.07) is 35.7. The summed E-state index contributed by atoms with van der Waals surface area (Å²) in [5, 5.41) is 1.34. The molecule has 7 rings (SSSR count). The molecule has 1 aliphatic carbocycles. The third-order valence-corrected chi connectivity index (χ3v) is 8.76. The number of benzene rings is 4. The largest absolute Gasteiger partial charge is 0.221 e. The van der Waals surface area contributed by atoms with Crippen LogP contribution in [0.15, 0.2) is 103 Å². The molecule has 2 aromatic heterocycles. The first-order chi connectivity index (χ1) is 17.6. The Morgan fingerprint density at radius 1 is 0.528 bits per heavy atom. The number of hydrogen-bond acceptors (Lipinski definition) is 1. The first kappa shape index (κ1) is 21.3. The summed E-state index contributed by atoms with van der Waals surface area (Å²) >= 11 is 1.92. The lowest BCUT2D eigenvalue weighted by Gasteiger charge is -2.22. The molecule has 0 spiro atoms. The van der Waals surface area contributed by atoms with E-state index in [1.54, 1.807) is 0 Å². The van der Waals surface area contributed by atoms with Gasteiger partial charge in [0.15, 0.2) is 6.20 Å². The van der Waals surface area contributed by atoms with Crippen LogP contribution in [-0.2, 0) is 7.05 Å². The standard InChI is InChI=1S/C34H26NS/c1-21-11-4-5-13-23(21)33-32-29(19-20-35(33)3)36-34-27-17-9-7-15-25(27)24-14-6-8-16-26(24)30-22(2)12-10-18-28(30)31(32)34/h4-20H,1-3H3/q+1. The van der Waals surface area contributed by atoms with Gasteiger partial charge in [-0.25, -0.2) is 4.57 Å². The molecular weight excluding hydrogens is 454 g/mol. The van der Waals surface area contributed by atoms with Gasteiger partial charge >= 0.3 is 0 Å². The molecule has 0 bridgehead atoms. The Morgan fingerprint density at radius 2 is 1.11 bits per heavy atom. The molecule has 0 atom stereocenters. The van der Waals surface area contributed by atoms with Gasteiger partial charge in [0.2, 0.25) is 5.69 Å². The predicted octanol–water partition coefficient (Wildman–Crippen LogP) is 8.99. The first-order valence-electron chi connectivity index (χ1n) is 12.4. The SMILES string of the molecule is Cc1ccccc1-c1c2c3c(sc2cc[n+]1C)-c1ccccc1-c1ccccc1-c1c(C)cccc1-3. The van der Waals surface area contributed by atoms with E-state index in [2.05, 4.69) is 129 Å². The van der Waals surface area contributed by atoms with Gasteiger partial charge in [-0.3, -0.25) is 0 Å². The highest BCUT2D eigenvalue weighted by Crippen LogP contribution is 2.54. The normalized spacial score (nSPS) is 11.8. The van der Waals surface area contributed by atoms with Crippen molar-refractivity contribution in [3.05, 3.63) is 114 Å². The Balaban J connectivity index is 1.74. The fourth-order valence-corrected chi connectivity index (χ4v) is 7.18. The Hall–Kier alpha value is -4.01.